The van der Waals surface area contributed by atoms with Crippen molar-refractivity contribution >= 4 is 61.7 Å². The van der Waals surface area contributed by atoms with Crippen LogP contribution in [0.4, 0.5) is 0 Å². The normalized spacial score (nSPS) is 15.6. The van der Waals surface area contributed by atoms with E-state index in [2.05, 4.69) is 43.5 Å². The minimum Gasteiger partial charge on any atom is -0.232 e. The van der Waals surface area contributed by atoms with Crippen molar-refractivity contribution in [1.29, 1.82) is 0 Å². The lowest BCUT2D eigenvalue weighted by Crippen LogP contribution is -2.04. The lowest BCUT2D eigenvalue weighted by atomic mass is 10.0. The van der Waals surface area contributed by atoms with Crippen LogP contribution in [-0.2, 0) is 0 Å². The molecule has 1 fully saturated rings. The van der Waals surface area contributed by atoms with E-state index >= 15 is 0 Å². The maximum Gasteiger partial charge on any atom is 0.161 e. The number of aromatic nitrogens is 2. The van der Waals surface area contributed by atoms with E-state index < -0.39 is 0 Å². The zero-order chi connectivity index (χ0) is 15.0. The molecule has 1 aromatic heterocycles. The average molecular weight is 498 g/mol. The Balaban J connectivity index is 2.08. The first kappa shape index (κ1) is 16.0. The third kappa shape index (κ3) is 3.38. The summed E-state index contributed by atoms with van der Waals surface area (Å²) in [5, 5.41) is 1.21. The monoisotopic (exact) mass is 496 g/mol. The van der Waals surface area contributed by atoms with Crippen molar-refractivity contribution in [2.24, 2.45) is 0 Å². The van der Waals surface area contributed by atoms with Crippen LogP contribution in [0.2, 0.25) is 10.2 Å². The number of nitrogens with zero attached hydrogens (tertiary/aromatic N) is 2. The predicted octanol–water partition coefficient (Wildman–Crippen LogP) is 6.48. The molecule has 1 aliphatic carbocycles. The Hall–Kier alpha value is 0.0900. The molecule has 0 saturated heterocycles. The van der Waals surface area contributed by atoms with Gasteiger partial charge in [-0.05, 0) is 69.6 Å². The second-order valence-electron chi connectivity index (χ2n) is 5.15. The third-order valence-electron chi connectivity index (χ3n) is 3.76. The molecule has 110 valence electrons. The van der Waals surface area contributed by atoms with Gasteiger partial charge in [0.25, 0.3) is 0 Å². The van der Waals surface area contributed by atoms with Gasteiger partial charge in [-0.1, -0.05) is 36.0 Å². The summed E-state index contributed by atoms with van der Waals surface area (Å²) >= 11 is 18.1. The van der Waals surface area contributed by atoms with Crippen molar-refractivity contribution in [2.45, 2.75) is 31.6 Å². The van der Waals surface area contributed by atoms with Gasteiger partial charge in [-0.3, -0.25) is 0 Å². The van der Waals surface area contributed by atoms with Crippen molar-refractivity contribution in [3.63, 3.8) is 0 Å². The lowest BCUT2D eigenvalue weighted by Gasteiger charge is -2.13. The summed E-state index contributed by atoms with van der Waals surface area (Å²) in [6.07, 6.45) is 4.91. The lowest BCUT2D eigenvalue weighted by molar-refractivity contribution is 0.690. The molecular formula is C15H12BrCl2IN2. The number of hydrogen-bond donors (Lipinski definition) is 0. The van der Waals surface area contributed by atoms with Gasteiger partial charge < -0.3 is 0 Å². The molecule has 1 heterocycles. The molecule has 0 atom stereocenters. The zero-order valence-corrected chi connectivity index (χ0v) is 16.3. The fourth-order valence-corrected chi connectivity index (χ4v) is 4.02. The van der Waals surface area contributed by atoms with Crippen LogP contribution in [0.5, 0.6) is 0 Å². The van der Waals surface area contributed by atoms with E-state index in [1.165, 1.54) is 25.7 Å². The Labute approximate surface area is 155 Å². The molecule has 0 spiro atoms. The SMILES string of the molecule is Clc1ccc(-c2nc(Cl)c(I)c(C3CCCC3)n2)cc1Br. The third-order valence-corrected chi connectivity index (χ3v) is 6.63. The standard InChI is InChI=1S/C15H12BrCl2IN2/c16-10-7-9(5-6-11(10)17)15-20-13(8-3-1-2-4-8)12(19)14(18)21-15/h5-8H,1-4H2. The van der Waals surface area contributed by atoms with Crippen LogP contribution in [0.1, 0.15) is 37.3 Å². The Morgan fingerprint density at radius 1 is 1.14 bits per heavy atom. The molecule has 2 aromatic rings. The van der Waals surface area contributed by atoms with Crippen molar-refractivity contribution < 1.29 is 0 Å². The van der Waals surface area contributed by atoms with Crippen molar-refractivity contribution in [3.8, 4) is 11.4 Å². The highest BCUT2D eigenvalue weighted by atomic mass is 127. The number of benzene rings is 1. The van der Waals surface area contributed by atoms with Gasteiger partial charge in [0.2, 0.25) is 0 Å². The second-order valence-corrected chi connectivity index (χ2v) is 7.85. The van der Waals surface area contributed by atoms with E-state index in [0.29, 0.717) is 21.9 Å². The Kier molecular flexibility index (Phi) is 5.08. The first-order valence-corrected chi connectivity index (χ1v) is 9.37. The van der Waals surface area contributed by atoms with E-state index in [-0.39, 0.29) is 0 Å². The van der Waals surface area contributed by atoms with Gasteiger partial charge in [0.1, 0.15) is 5.15 Å². The minimum absolute atomic E-state index is 0.506. The molecule has 0 radical (unpaired) electrons. The smallest absolute Gasteiger partial charge is 0.161 e. The van der Waals surface area contributed by atoms with E-state index in [9.17, 15) is 0 Å². The summed E-state index contributed by atoms with van der Waals surface area (Å²) in [5.74, 6) is 1.17. The summed E-state index contributed by atoms with van der Waals surface area (Å²) < 4.78 is 1.82. The predicted molar refractivity (Wildman–Crippen MR) is 99.1 cm³/mol. The number of rotatable bonds is 2. The summed E-state index contributed by atoms with van der Waals surface area (Å²) in [4.78, 5) is 9.22. The Morgan fingerprint density at radius 2 is 1.86 bits per heavy atom. The average Bonchev–Trinajstić information content (AvgIpc) is 2.98. The summed E-state index contributed by atoms with van der Waals surface area (Å²) in [6.45, 7) is 0. The zero-order valence-electron chi connectivity index (χ0n) is 11.0. The molecule has 0 unspecified atom stereocenters. The van der Waals surface area contributed by atoms with Crippen LogP contribution in [0.25, 0.3) is 11.4 Å². The largest absolute Gasteiger partial charge is 0.232 e. The van der Waals surface area contributed by atoms with Crippen molar-refractivity contribution in [2.75, 3.05) is 0 Å². The van der Waals surface area contributed by atoms with Crippen LogP contribution in [0.15, 0.2) is 22.7 Å². The molecule has 0 bridgehead atoms. The first-order valence-electron chi connectivity index (χ1n) is 6.74. The molecule has 2 nitrogen and oxygen atoms in total. The highest BCUT2D eigenvalue weighted by molar-refractivity contribution is 14.1. The fraction of sp³-hybridized carbons (Fsp3) is 0.333. The van der Waals surface area contributed by atoms with E-state index in [1.807, 2.05) is 18.2 Å². The quantitative estimate of drug-likeness (QED) is 0.351. The van der Waals surface area contributed by atoms with Gasteiger partial charge in [0, 0.05) is 16.0 Å². The Bertz CT molecular complexity index is 688. The molecule has 0 aliphatic heterocycles. The van der Waals surface area contributed by atoms with Crippen LogP contribution in [0.3, 0.4) is 0 Å². The van der Waals surface area contributed by atoms with Gasteiger partial charge in [-0.25, -0.2) is 9.97 Å². The number of hydrogen-bond acceptors (Lipinski definition) is 2. The van der Waals surface area contributed by atoms with Crippen LogP contribution in [0, 0.1) is 3.57 Å². The molecule has 1 aliphatic rings. The summed E-state index contributed by atoms with van der Waals surface area (Å²) in [5.41, 5.74) is 2.01. The van der Waals surface area contributed by atoms with Gasteiger partial charge in [0.05, 0.1) is 14.3 Å². The molecule has 3 rings (SSSR count). The maximum absolute atomic E-state index is 6.32. The van der Waals surface area contributed by atoms with E-state index in [4.69, 9.17) is 28.2 Å². The number of halogens is 4. The highest BCUT2D eigenvalue weighted by Crippen LogP contribution is 2.38. The molecule has 1 aromatic carbocycles. The van der Waals surface area contributed by atoms with Gasteiger partial charge in [0.15, 0.2) is 5.82 Å². The fourth-order valence-electron chi connectivity index (χ4n) is 2.67. The first-order chi connectivity index (χ1) is 10.1. The topological polar surface area (TPSA) is 25.8 Å². The van der Waals surface area contributed by atoms with E-state index in [0.717, 1.165) is 19.3 Å². The second kappa shape index (κ2) is 6.69. The molecule has 21 heavy (non-hydrogen) atoms. The summed E-state index contributed by atoms with van der Waals surface area (Å²) in [7, 11) is 0. The molecule has 0 amide bonds. The van der Waals surface area contributed by atoms with Crippen LogP contribution >= 0.6 is 61.7 Å². The molecule has 6 heteroatoms. The van der Waals surface area contributed by atoms with Crippen LogP contribution < -0.4 is 0 Å². The summed E-state index contributed by atoms with van der Waals surface area (Å²) in [6, 6.07) is 5.69. The van der Waals surface area contributed by atoms with Crippen molar-refractivity contribution in [1.82, 2.24) is 9.97 Å². The molecule has 0 N–H and O–H groups in total. The highest BCUT2D eigenvalue weighted by Gasteiger charge is 2.23. The van der Waals surface area contributed by atoms with E-state index in [1.54, 1.807) is 0 Å². The maximum atomic E-state index is 6.32. The molecular weight excluding hydrogens is 486 g/mol. The minimum atomic E-state index is 0.506. The molecule has 1 saturated carbocycles. The van der Waals surface area contributed by atoms with Gasteiger partial charge in [-0.15, -0.1) is 0 Å². The Morgan fingerprint density at radius 3 is 2.52 bits per heavy atom. The van der Waals surface area contributed by atoms with Gasteiger partial charge >= 0.3 is 0 Å². The van der Waals surface area contributed by atoms with Crippen LogP contribution in [-0.4, -0.2) is 9.97 Å². The van der Waals surface area contributed by atoms with Gasteiger partial charge in [-0.2, -0.15) is 0 Å². The van der Waals surface area contributed by atoms with Crippen molar-refractivity contribution in [3.05, 3.63) is 42.1 Å².